The predicted octanol–water partition coefficient (Wildman–Crippen LogP) is 3.93. The molecule has 0 spiro atoms. The van der Waals surface area contributed by atoms with Crippen molar-refractivity contribution in [2.24, 2.45) is 5.92 Å². The van der Waals surface area contributed by atoms with Crippen LogP contribution in [0.15, 0.2) is 60.8 Å². The van der Waals surface area contributed by atoms with Gasteiger partial charge in [-0.25, -0.2) is 0 Å². The number of para-hydroxylation sites is 1. The van der Waals surface area contributed by atoms with Crippen LogP contribution in [0.1, 0.15) is 30.0 Å². The van der Waals surface area contributed by atoms with Crippen molar-refractivity contribution in [3.05, 3.63) is 72.2 Å². The number of carbonyl (C=O) groups is 1. The third-order valence-electron chi connectivity index (χ3n) is 3.77. The van der Waals surface area contributed by atoms with E-state index in [-0.39, 0.29) is 5.91 Å². The zero-order chi connectivity index (χ0) is 16.9. The van der Waals surface area contributed by atoms with Gasteiger partial charge in [-0.05, 0) is 30.2 Å². The lowest BCUT2D eigenvalue weighted by Crippen LogP contribution is -2.34. The fraction of sp³-hybridized carbons (Fsp3) is 0.250. The fourth-order valence-electron chi connectivity index (χ4n) is 2.70. The average molecular weight is 319 g/mol. The van der Waals surface area contributed by atoms with Gasteiger partial charge in [-0.3, -0.25) is 14.8 Å². The van der Waals surface area contributed by atoms with Crippen LogP contribution in [-0.2, 0) is 6.54 Å². The molecule has 3 rings (SSSR count). The molecule has 0 aliphatic carbocycles. The van der Waals surface area contributed by atoms with Crippen LogP contribution in [0.4, 0.5) is 0 Å². The van der Waals surface area contributed by atoms with E-state index in [2.05, 4.69) is 29.9 Å². The van der Waals surface area contributed by atoms with E-state index in [0.717, 1.165) is 16.6 Å². The van der Waals surface area contributed by atoms with Gasteiger partial charge >= 0.3 is 0 Å². The normalized spacial score (nSPS) is 11.0. The van der Waals surface area contributed by atoms with Gasteiger partial charge in [-0.1, -0.05) is 44.2 Å². The summed E-state index contributed by atoms with van der Waals surface area (Å²) in [5.74, 6) is 0.317. The lowest BCUT2D eigenvalue weighted by molar-refractivity contribution is 0.0714. The van der Waals surface area contributed by atoms with E-state index in [1.165, 1.54) is 0 Å². The van der Waals surface area contributed by atoms with Crippen molar-refractivity contribution in [1.82, 2.24) is 14.9 Å². The number of amides is 1. The molecule has 0 saturated heterocycles. The third kappa shape index (κ3) is 3.77. The zero-order valence-electron chi connectivity index (χ0n) is 14.0. The van der Waals surface area contributed by atoms with E-state index in [1.54, 1.807) is 12.3 Å². The molecule has 0 fully saturated rings. The van der Waals surface area contributed by atoms with E-state index >= 15 is 0 Å². The highest BCUT2D eigenvalue weighted by molar-refractivity contribution is 5.92. The smallest absolute Gasteiger partial charge is 0.272 e. The molecular formula is C20H21N3O. The summed E-state index contributed by atoms with van der Waals surface area (Å²) < 4.78 is 0. The molecule has 122 valence electrons. The highest BCUT2D eigenvalue weighted by Crippen LogP contribution is 2.15. The molecule has 0 atom stereocenters. The first kappa shape index (κ1) is 16.1. The Morgan fingerprint density at radius 2 is 1.83 bits per heavy atom. The number of hydrogen-bond donors (Lipinski definition) is 0. The van der Waals surface area contributed by atoms with Crippen LogP contribution in [0.5, 0.6) is 0 Å². The van der Waals surface area contributed by atoms with Crippen LogP contribution in [0, 0.1) is 5.92 Å². The zero-order valence-corrected chi connectivity index (χ0v) is 14.0. The van der Waals surface area contributed by atoms with Gasteiger partial charge in [-0.15, -0.1) is 0 Å². The molecule has 0 unspecified atom stereocenters. The molecule has 0 N–H and O–H groups in total. The van der Waals surface area contributed by atoms with Crippen molar-refractivity contribution in [3.8, 4) is 0 Å². The quantitative estimate of drug-likeness (QED) is 0.716. The molecule has 2 aromatic heterocycles. The van der Waals surface area contributed by atoms with Gasteiger partial charge in [0.1, 0.15) is 5.69 Å². The molecule has 0 radical (unpaired) electrons. The largest absolute Gasteiger partial charge is 0.331 e. The average Bonchev–Trinajstić information content (AvgIpc) is 2.61. The highest BCUT2D eigenvalue weighted by Gasteiger charge is 2.18. The third-order valence-corrected chi connectivity index (χ3v) is 3.77. The van der Waals surface area contributed by atoms with Gasteiger partial charge in [0.05, 0.1) is 17.8 Å². The van der Waals surface area contributed by atoms with Crippen molar-refractivity contribution in [2.45, 2.75) is 20.4 Å². The molecule has 1 amide bonds. The monoisotopic (exact) mass is 319 g/mol. The van der Waals surface area contributed by atoms with E-state index in [9.17, 15) is 4.79 Å². The topological polar surface area (TPSA) is 46.1 Å². The summed E-state index contributed by atoms with van der Waals surface area (Å²) in [5, 5.41) is 1.10. The second-order valence-corrected chi connectivity index (χ2v) is 6.29. The van der Waals surface area contributed by atoms with Crippen molar-refractivity contribution in [3.63, 3.8) is 0 Å². The number of benzene rings is 1. The molecular weight excluding hydrogens is 298 g/mol. The van der Waals surface area contributed by atoms with Crippen LogP contribution in [0.25, 0.3) is 10.9 Å². The van der Waals surface area contributed by atoms with Crippen LogP contribution in [0.3, 0.4) is 0 Å². The summed E-state index contributed by atoms with van der Waals surface area (Å²) in [6, 6.07) is 17.4. The molecule has 0 aliphatic heterocycles. The van der Waals surface area contributed by atoms with Crippen LogP contribution >= 0.6 is 0 Å². The summed E-state index contributed by atoms with van der Waals surface area (Å²) >= 11 is 0. The van der Waals surface area contributed by atoms with Gasteiger partial charge < -0.3 is 4.90 Å². The Bertz CT molecular complexity index is 830. The van der Waals surface area contributed by atoms with Crippen molar-refractivity contribution < 1.29 is 4.79 Å². The lowest BCUT2D eigenvalue weighted by atomic mass is 10.1. The molecule has 2 heterocycles. The Kier molecular flexibility index (Phi) is 4.85. The molecule has 4 nitrogen and oxygen atoms in total. The number of aromatic nitrogens is 2. The minimum absolute atomic E-state index is 0.0562. The lowest BCUT2D eigenvalue weighted by Gasteiger charge is -2.24. The van der Waals surface area contributed by atoms with E-state index in [0.29, 0.717) is 24.7 Å². The molecule has 0 bridgehead atoms. The minimum atomic E-state index is -0.0562. The first-order chi connectivity index (χ1) is 11.6. The van der Waals surface area contributed by atoms with Gasteiger partial charge in [0.2, 0.25) is 0 Å². The summed E-state index contributed by atoms with van der Waals surface area (Å²) in [4.78, 5) is 23.5. The molecule has 0 aliphatic rings. The Hall–Kier alpha value is -2.75. The van der Waals surface area contributed by atoms with Crippen LogP contribution < -0.4 is 0 Å². The van der Waals surface area contributed by atoms with Crippen molar-refractivity contribution in [1.29, 1.82) is 0 Å². The summed E-state index contributed by atoms with van der Waals surface area (Å²) in [5.41, 5.74) is 2.31. The Morgan fingerprint density at radius 3 is 2.58 bits per heavy atom. The first-order valence-corrected chi connectivity index (χ1v) is 8.18. The van der Waals surface area contributed by atoms with Gasteiger partial charge in [0.25, 0.3) is 5.91 Å². The molecule has 0 saturated carbocycles. The van der Waals surface area contributed by atoms with Crippen molar-refractivity contribution >= 4 is 16.8 Å². The number of pyridine rings is 2. The van der Waals surface area contributed by atoms with Gasteiger partial charge in [0, 0.05) is 18.1 Å². The second-order valence-electron chi connectivity index (χ2n) is 6.29. The van der Waals surface area contributed by atoms with Gasteiger partial charge in [-0.2, -0.15) is 0 Å². The van der Waals surface area contributed by atoms with Crippen LogP contribution in [-0.4, -0.2) is 27.3 Å². The summed E-state index contributed by atoms with van der Waals surface area (Å²) in [6.07, 6.45) is 1.65. The first-order valence-electron chi connectivity index (χ1n) is 8.18. The number of carbonyl (C=O) groups excluding carboxylic acids is 1. The number of nitrogens with zero attached hydrogens (tertiary/aromatic N) is 3. The number of hydrogen-bond acceptors (Lipinski definition) is 3. The van der Waals surface area contributed by atoms with E-state index < -0.39 is 0 Å². The fourth-order valence-corrected chi connectivity index (χ4v) is 2.70. The molecule has 24 heavy (non-hydrogen) atoms. The standard InChI is InChI=1S/C20H21N3O/c1-15(2)13-23(20(24)19-9-5-6-12-21-19)14-17-11-10-16-7-3-4-8-18(16)22-17/h3-12,15H,13-14H2,1-2H3. The number of rotatable bonds is 5. The van der Waals surface area contributed by atoms with E-state index in [1.807, 2.05) is 47.4 Å². The Balaban J connectivity index is 1.86. The second kappa shape index (κ2) is 7.21. The Labute approximate surface area is 142 Å². The summed E-state index contributed by atoms with van der Waals surface area (Å²) in [6.45, 7) is 5.36. The maximum absolute atomic E-state index is 12.8. The van der Waals surface area contributed by atoms with Crippen molar-refractivity contribution in [2.75, 3.05) is 6.54 Å². The van der Waals surface area contributed by atoms with Crippen LogP contribution in [0.2, 0.25) is 0 Å². The molecule has 1 aromatic carbocycles. The SMILES string of the molecule is CC(C)CN(Cc1ccc2ccccc2n1)C(=O)c1ccccn1. The Morgan fingerprint density at radius 1 is 1.04 bits per heavy atom. The summed E-state index contributed by atoms with van der Waals surface area (Å²) in [7, 11) is 0. The molecule has 3 aromatic rings. The maximum atomic E-state index is 12.8. The van der Waals surface area contributed by atoms with Gasteiger partial charge in [0.15, 0.2) is 0 Å². The maximum Gasteiger partial charge on any atom is 0.272 e. The highest BCUT2D eigenvalue weighted by atomic mass is 16.2. The molecule has 4 heteroatoms. The number of fused-ring (bicyclic) bond motifs is 1. The minimum Gasteiger partial charge on any atom is -0.331 e. The van der Waals surface area contributed by atoms with E-state index in [4.69, 9.17) is 0 Å². The predicted molar refractivity (Wildman–Crippen MR) is 95.6 cm³/mol.